The van der Waals surface area contributed by atoms with E-state index in [1.807, 2.05) is 12.4 Å². The van der Waals surface area contributed by atoms with Gasteiger partial charge in [-0.05, 0) is 23.9 Å². The van der Waals surface area contributed by atoms with Gasteiger partial charge in [0.1, 0.15) is 0 Å². The van der Waals surface area contributed by atoms with Crippen LogP contribution in [0.2, 0.25) is 0 Å². The Hall–Kier alpha value is -1.41. The molecule has 0 bridgehead atoms. The van der Waals surface area contributed by atoms with Gasteiger partial charge in [0.2, 0.25) is 0 Å². The van der Waals surface area contributed by atoms with Crippen molar-refractivity contribution in [1.29, 1.82) is 0 Å². The topological polar surface area (TPSA) is 24.9 Å². The van der Waals surface area contributed by atoms with Crippen LogP contribution in [0.4, 0.5) is 0 Å². The fourth-order valence-electron chi connectivity index (χ4n) is 1.97. The lowest BCUT2D eigenvalue weighted by molar-refractivity contribution is 0.385. The molecule has 1 aliphatic heterocycles. The summed E-state index contributed by atoms with van der Waals surface area (Å²) >= 11 is 0. The fourth-order valence-corrected chi connectivity index (χ4v) is 1.97. The monoisotopic (exact) mass is 184 g/mol. The van der Waals surface area contributed by atoms with Crippen LogP contribution in [-0.2, 0) is 0 Å². The largest absolute Gasteiger partial charge is 0.310 e. The summed E-state index contributed by atoms with van der Waals surface area (Å²) in [6.45, 7) is 1.13. The lowest BCUT2D eigenvalue weighted by atomic mass is 9.95. The normalized spacial score (nSPS) is 20.7. The molecule has 70 valence electrons. The third-order valence-electron chi connectivity index (χ3n) is 2.90. The van der Waals surface area contributed by atoms with E-state index in [4.69, 9.17) is 0 Å². The fraction of sp³-hybridized carbons (Fsp3) is 0.250. The van der Waals surface area contributed by atoms with E-state index in [1.54, 1.807) is 0 Å². The molecule has 0 radical (unpaired) electrons. The second-order valence-electron chi connectivity index (χ2n) is 3.75. The maximum absolute atomic E-state index is 4.28. The minimum atomic E-state index is 0.522. The SMILES string of the molecule is c1ccc2c(C3CCN3)cncc2c1. The smallest absolute Gasteiger partial charge is 0.0353 e. The molecule has 2 nitrogen and oxygen atoms in total. The predicted octanol–water partition coefficient (Wildman–Crippen LogP) is 2.27. The minimum absolute atomic E-state index is 0.522. The summed E-state index contributed by atoms with van der Waals surface area (Å²) in [5.41, 5.74) is 1.34. The highest BCUT2D eigenvalue weighted by Gasteiger charge is 2.20. The Morgan fingerprint density at radius 3 is 2.86 bits per heavy atom. The molecular weight excluding hydrogens is 172 g/mol. The lowest BCUT2D eigenvalue weighted by Gasteiger charge is -2.28. The van der Waals surface area contributed by atoms with Gasteiger partial charge in [0, 0.05) is 23.8 Å². The van der Waals surface area contributed by atoms with Crippen molar-refractivity contribution in [3.8, 4) is 0 Å². The third kappa shape index (κ3) is 1.11. The Labute approximate surface area is 83.0 Å². The molecule has 0 amide bonds. The zero-order valence-corrected chi connectivity index (χ0v) is 7.90. The first kappa shape index (κ1) is 7.94. The zero-order chi connectivity index (χ0) is 9.38. The van der Waals surface area contributed by atoms with Gasteiger partial charge in [-0.25, -0.2) is 0 Å². The summed E-state index contributed by atoms with van der Waals surface area (Å²) in [4.78, 5) is 4.28. The van der Waals surface area contributed by atoms with Crippen LogP contribution in [0.5, 0.6) is 0 Å². The molecule has 0 aliphatic carbocycles. The summed E-state index contributed by atoms with van der Waals surface area (Å²) in [6.07, 6.45) is 5.15. The van der Waals surface area contributed by atoms with Crippen molar-refractivity contribution in [2.75, 3.05) is 6.54 Å². The van der Waals surface area contributed by atoms with Gasteiger partial charge in [0.25, 0.3) is 0 Å². The number of fused-ring (bicyclic) bond motifs is 1. The van der Waals surface area contributed by atoms with Gasteiger partial charge in [-0.3, -0.25) is 4.98 Å². The number of rotatable bonds is 1. The maximum Gasteiger partial charge on any atom is 0.0353 e. The second kappa shape index (κ2) is 3.07. The van der Waals surface area contributed by atoms with E-state index in [0.717, 1.165) is 6.54 Å². The quantitative estimate of drug-likeness (QED) is 0.735. The molecule has 2 heterocycles. The minimum Gasteiger partial charge on any atom is -0.310 e. The van der Waals surface area contributed by atoms with Gasteiger partial charge in [-0.1, -0.05) is 24.3 Å². The van der Waals surface area contributed by atoms with Gasteiger partial charge in [0.15, 0.2) is 0 Å². The summed E-state index contributed by atoms with van der Waals surface area (Å²) in [5.74, 6) is 0. The Kier molecular flexibility index (Phi) is 1.74. The maximum atomic E-state index is 4.28. The van der Waals surface area contributed by atoms with Crippen LogP contribution in [0, 0.1) is 0 Å². The number of benzene rings is 1. The van der Waals surface area contributed by atoms with Crippen LogP contribution in [-0.4, -0.2) is 11.5 Å². The first-order valence-electron chi connectivity index (χ1n) is 5.01. The molecule has 1 aliphatic rings. The molecule has 1 N–H and O–H groups in total. The van der Waals surface area contributed by atoms with Crippen molar-refractivity contribution in [3.05, 3.63) is 42.2 Å². The number of aromatic nitrogens is 1. The van der Waals surface area contributed by atoms with Crippen molar-refractivity contribution >= 4 is 10.8 Å². The van der Waals surface area contributed by atoms with Crippen molar-refractivity contribution < 1.29 is 0 Å². The van der Waals surface area contributed by atoms with Crippen molar-refractivity contribution in [3.63, 3.8) is 0 Å². The van der Waals surface area contributed by atoms with E-state index < -0.39 is 0 Å². The van der Waals surface area contributed by atoms with Crippen LogP contribution >= 0.6 is 0 Å². The first-order chi connectivity index (χ1) is 6.95. The zero-order valence-electron chi connectivity index (χ0n) is 7.90. The Morgan fingerprint density at radius 1 is 1.21 bits per heavy atom. The van der Waals surface area contributed by atoms with Gasteiger partial charge in [-0.2, -0.15) is 0 Å². The molecule has 2 heteroatoms. The Bertz CT molecular complexity index is 455. The van der Waals surface area contributed by atoms with Crippen molar-refractivity contribution in [2.45, 2.75) is 12.5 Å². The van der Waals surface area contributed by atoms with Crippen LogP contribution in [0.25, 0.3) is 10.8 Å². The molecule has 0 spiro atoms. The van der Waals surface area contributed by atoms with Crippen LogP contribution in [0.15, 0.2) is 36.7 Å². The van der Waals surface area contributed by atoms with E-state index in [9.17, 15) is 0 Å². The number of hydrogen-bond acceptors (Lipinski definition) is 2. The molecule has 1 fully saturated rings. The summed E-state index contributed by atoms with van der Waals surface area (Å²) in [7, 11) is 0. The molecule has 3 rings (SSSR count). The molecule has 14 heavy (non-hydrogen) atoms. The van der Waals surface area contributed by atoms with Crippen molar-refractivity contribution in [2.24, 2.45) is 0 Å². The average Bonchev–Trinajstić information content (AvgIpc) is 2.16. The number of pyridine rings is 1. The predicted molar refractivity (Wildman–Crippen MR) is 57.1 cm³/mol. The molecule has 1 aromatic carbocycles. The Morgan fingerprint density at radius 2 is 2.07 bits per heavy atom. The third-order valence-corrected chi connectivity index (χ3v) is 2.90. The van der Waals surface area contributed by atoms with E-state index in [2.05, 4.69) is 34.6 Å². The highest BCUT2D eigenvalue weighted by molar-refractivity contribution is 5.85. The van der Waals surface area contributed by atoms with Crippen LogP contribution in [0.1, 0.15) is 18.0 Å². The average molecular weight is 184 g/mol. The van der Waals surface area contributed by atoms with Gasteiger partial charge < -0.3 is 5.32 Å². The molecule has 1 unspecified atom stereocenters. The van der Waals surface area contributed by atoms with E-state index in [1.165, 1.54) is 22.8 Å². The van der Waals surface area contributed by atoms with E-state index in [0.29, 0.717) is 6.04 Å². The molecular formula is C12H12N2. The highest BCUT2D eigenvalue weighted by Crippen LogP contribution is 2.28. The van der Waals surface area contributed by atoms with E-state index >= 15 is 0 Å². The number of hydrogen-bond donors (Lipinski definition) is 1. The van der Waals surface area contributed by atoms with Crippen LogP contribution < -0.4 is 5.32 Å². The Balaban J connectivity index is 2.22. The molecule has 1 atom stereocenters. The second-order valence-corrected chi connectivity index (χ2v) is 3.75. The van der Waals surface area contributed by atoms with E-state index in [-0.39, 0.29) is 0 Å². The van der Waals surface area contributed by atoms with Crippen LogP contribution in [0.3, 0.4) is 0 Å². The lowest BCUT2D eigenvalue weighted by Crippen LogP contribution is -2.35. The van der Waals surface area contributed by atoms with Gasteiger partial charge >= 0.3 is 0 Å². The number of nitrogens with zero attached hydrogens (tertiary/aromatic N) is 1. The van der Waals surface area contributed by atoms with Gasteiger partial charge in [-0.15, -0.1) is 0 Å². The molecule has 1 aromatic heterocycles. The highest BCUT2D eigenvalue weighted by atomic mass is 15.0. The summed E-state index contributed by atoms with van der Waals surface area (Å²) < 4.78 is 0. The van der Waals surface area contributed by atoms with Crippen molar-refractivity contribution in [1.82, 2.24) is 10.3 Å². The molecule has 0 saturated carbocycles. The first-order valence-corrected chi connectivity index (χ1v) is 5.01. The summed E-state index contributed by atoms with van der Waals surface area (Å²) in [5, 5.41) is 5.98. The van der Waals surface area contributed by atoms with Gasteiger partial charge in [0.05, 0.1) is 0 Å². The summed E-state index contributed by atoms with van der Waals surface area (Å²) in [6, 6.07) is 8.96. The molecule has 2 aromatic rings. The number of nitrogens with one attached hydrogen (secondary N) is 1. The molecule has 1 saturated heterocycles. The standard InChI is InChI=1S/C12H12N2/c1-2-4-10-9(3-1)7-13-8-11(10)12-5-6-14-12/h1-4,7-8,12,14H,5-6H2.